The highest BCUT2D eigenvalue weighted by Crippen LogP contribution is 2.36. The number of hydrogen-bond acceptors (Lipinski definition) is 6. The van der Waals surface area contributed by atoms with E-state index in [0.717, 1.165) is 11.8 Å². The molecule has 1 heterocycles. The van der Waals surface area contributed by atoms with Gasteiger partial charge in [0.2, 0.25) is 0 Å². The first-order valence-corrected chi connectivity index (χ1v) is 8.45. The van der Waals surface area contributed by atoms with E-state index in [1.807, 2.05) is 0 Å². The van der Waals surface area contributed by atoms with Crippen LogP contribution in [0.25, 0.3) is 6.08 Å². The Labute approximate surface area is 157 Å². The fourth-order valence-corrected chi connectivity index (χ4v) is 3.65. The third kappa shape index (κ3) is 3.48. The molecule has 0 spiro atoms. The van der Waals surface area contributed by atoms with Crippen molar-refractivity contribution in [2.45, 2.75) is 0 Å². The van der Waals surface area contributed by atoms with Crippen molar-refractivity contribution >= 4 is 57.6 Å². The molecule has 0 bridgehead atoms. The zero-order valence-corrected chi connectivity index (χ0v) is 14.6. The molecule has 1 aliphatic heterocycles. The van der Waals surface area contributed by atoms with Crippen molar-refractivity contribution < 1.29 is 19.6 Å². The Morgan fingerprint density at radius 1 is 1.23 bits per heavy atom. The molecule has 9 heteroatoms. The number of amides is 1. The number of nitrogens with zero attached hydrogens (tertiary/aromatic N) is 2. The zero-order chi connectivity index (χ0) is 18.8. The topological polar surface area (TPSA) is 101 Å². The molecule has 130 valence electrons. The highest BCUT2D eigenvalue weighted by atomic mass is 32.2. The normalized spacial score (nSPS) is 15.5. The second-order valence-electron chi connectivity index (χ2n) is 5.22. The van der Waals surface area contributed by atoms with Crippen molar-refractivity contribution in [3.63, 3.8) is 0 Å². The van der Waals surface area contributed by atoms with Crippen LogP contribution in [0.1, 0.15) is 15.9 Å². The Kier molecular flexibility index (Phi) is 4.83. The number of carbonyl (C=O) groups is 2. The van der Waals surface area contributed by atoms with Gasteiger partial charge >= 0.3 is 5.97 Å². The molecule has 0 atom stereocenters. The number of thiocarbonyl (C=S) groups is 1. The van der Waals surface area contributed by atoms with Gasteiger partial charge in [-0.25, -0.2) is 4.79 Å². The van der Waals surface area contributed by atoms with Gasteiger partial charge in [-0.3, -0.25) is 19.8 Å². The SMILES string of the molecule is O=C(O)c1cccc(N2C(=O)/C(=C\c3cccc([N+](=O)[O-])c3)SC2=S)c1. The van der Waals surface area contributed by atoms with Gasteiger partial charge < -0.3 is 5.11 Å². The van der Waals surface area contributed by atoms with Crippen LogP contribution < -0.4 is 4.90 Å². The van der Waals surface area contributed by atoms with E-state index >= 15 is 0 Å². The summed E-state index contributed by atoms with van der Waals surface area (Å²) >= 11 is 6.29. The molecule has 3 rings (SSSR count). The summed E-state index contributed by atoms with van der Waals surface area (Å²) in [5, 5.41) is 20.0. The number of thioether (sulfide) groups is 1. The largest absolute Gasteiger partial charge is 0.478 e. The Balaban J connectivity index is 1.94. The number of benzene rings is 2. The molecule has 0 unspecified atom stereocenters. The number of carbonyl (C=O) groups excluding carboxylic acids is 1. The van der Waals surface area contributed by atoms with Gasteiger partial charge in [0.05, 0.1) is 21.1 Å². The summed E-state index contributed by atoms with van der Waals surface area (Å²) in [6.07, 6.45) is 1.52. The average molecular weight is 386 g/mol. The minimum atomic E-state index is -1.11. The summed E-state index contributed by atoms with van der Waals surface area (Å²) in [7, 11) is 0. The van der Waals surface area contributed by atoms with Crippen LogP contribution in [-0.2, 0) is 4.79 Å². The molecule has 2 aromatic carbocycles. The zero-order valence-electron chi connectivity index (χ0n) is 13.0. The molecule has 26 heavy (non-hydrogen) atoms. The maximum Gasteiger partial charge on any atom is 0.335 e. The highest BCUT2D eigenvalue weighted by molar-refractivity contribution is 8.27. The summed E-state index contributed by atoms with van der Waals surface area (Å²) in [6.45, 7) is 0. The average Bonchev–Trinajstić information content (AvgIpc) is 2.88. The van der Waals surface area contributed by atoms with Crippen molar-refractivity contribution in [1.29, 1.82) is 0 Å². The van der Waals surface area contributed by atoms with E-state index in [0.29, 0.717) is 16.2 Å². The fourth-order valence-electron chi connectivity index (χ4n) is 2.35. The van der Waals surface area contributed by atoms with Gasteiger partial charge in [0, 0.05) is 12.1 Å². The van der Waals surface area contributed by atoms with E-state index in [4.69, 9.17) is 17.3 Å². The number of non-ortho nitro benzene ring substituents is 1. The smallest absolute Gasteiger partial charge is 0.335 e. The van der Waals surface area contributed by atoms with Crippen LogP contribution in [0.4, 0.5) is 11.4 Å². The van der Waals surface area contributed by atoms with Crippen molar-refractivity contribution in [3.8, 4) is 0 Å². The van der Waals surface area contributed by atoms with Crippen LogP contribution in [0.5, 0.6) is 0 Å². The maximum absolute atomic E-state index is 12.7. The summed E-state index contributed by atoms with van der Waals surface area (Å²) in [4.78, 5) is 35.7. The molecule has 1 fully saturated rings. The molecule has 0 saturated carbocycles. The number of rotatable bonds is 4. The van der Waals surface area contributed by atoms with Crippen LogP contribution in [0.15, 0.2) is 53.4 Å². The lowest BCUT2D eigenvalue weighted by Crippen LogP contribution is -2.27. The first-order chi connectivity index (χ1) is 12.4. The standard InChI is InChI=1S/C17H10N2O5S2/c20-15-14(8-10-3-1-6-13(7-10)19(23)24)26-17(25)18(15)12-5-2-4-11(9-12)16(21)22/h1-9H,(H,21,22)/b14-8+. The molecule has 1 aliphatic rings. The number of hydrogen-bond donors (Lipinski definition) is 1. The van der Waals surface area contributed by atoms with E-state index < -0.39 is 16.8 Å². The van der Waals surface area contributed by atoms with Crippen molar-refractivity contribution in [3.05, 3.63) is 74.7 Å². The molecule has 1 saturated heterocycles. The van der Waals surface area contributed by atoms with Crippen molar-refractivity contribution in [2.24, 2.45) is 0 Å². The highest BCUT2D eigenvalue weighted by Gasteiger charge is 2.33. The lowest BCUT2D eigenvalue weighted by Gasteiger charge is -2.14. The van der Waals surface area contributed by atoms with Gasteiger partial charge in [-0.15, -0.1) is 0 Å². The third-order valence-corrected chi connectivity index (χ3v) is 4.83. The summed E-state index contributed by atoms with van der Waals surface area (Å²) in [6, 6.07) is 11.8. The Morgan fingerprint density at radius 2 is 1.96 bits per heavy atom. The quantitative estimate of drug-likeness (QED) is 0.370. The fraction of sp³-hybridized carbons (Fsp3) is 0. The minimum Gasteiger partial charge on any atom is -0.478 e. The van der Waals surface area contributed by atoms with Crippen LogP contribution in [0, 0.1) is 10.1 Å². The molecule has 2 aromatic rings. The first-order valence-electron chi connectivity index (χ1n) is 7.22. The molecule has 0 radical (unpaired) electrons. The van der Waals surface area contributed by atoms with Gasteiger partial charge in [0.15, 0.2) is 4.32 Å². The maximum atomic E-state index is 12.7. The summed E-state index contributed by atoms with van der Waals surface area (Å²) in [5.41, 5.74) is 0.816. The van der Waals surface area contributed by atoms with Gasteiger partial charge in [-0.1, -0.05) is 42.2 Å². The van der Waals surface area contributed by atoms with Crippen LogP contribution in [0.2, 0.25) is 0 Å². The Hall–Kier alpha value is -3.04. The molecular formula is C17H10N2O5S2. The molecular weight excluding hydrogens is 376 g/mol. The number of carboxylic acid groups (broad SMARTS) is 1. The second-order valence-corrected chi connectivity index (χ2v) is 6.90. The van der Waals surface area contributed by atoms with E-state index in [1.54, 1.807) is 12.1 Å². The summed E-state index contributed by atoms with van der Waals surface area (Å²) in [5.74, 6) is -1.52. The molecule has 7 nitrogen and oxygen atoms in total. The minimum absolute atomic E-state index is 0.0409. The number of nitro groups is 1. The van der Waals surface area contributed by atoms with Crippen molar-refractivity contribution in [2.75, 3.05) is 4.90 Å². The number of anilines is 1. The Bertz CT molecular complexity index is 987. The van der Waals surface area contributed by atoms with E-state index in [2.05, 4.69) is 0 Å². The van der Waals surface area contributed by atoms with Crippen molar-refractivity contribution in [1.82, 2.24) is 0 Å². The third-order valence-electron chi connectivity index (χ3n) is 3.52. The van der Waals surface area contributed by atoms with Gasteiger partial charge in [-0.2, -0.15) is 0 Å². The molecule has 1 amide bonds. The molecule has 1 N–H and O–H groups in total. The lowest BCUT2D eigenvalue weighted by molar-refractivity contribution is -0.384. The Morgan fingerprint density at radius 3 is 2.65 bits per heavy atom. The predicted octanol–water partition coefficient (Wildman–Crippen LogP) is 3.70. The summed E-state index contributed by atoms with van der Waals surface area (Å²) < 4.78 is 0.259. The van der Waals surface area contributed by atoms with Crippen LogP contribution in [0.3, 0.4) is 0 Å². The van der Waals surface area contributed by atoms with E-state index in [1.165, 1.54) is 47.4 Å². The monoisotopic (exact) mass is 386 g/mol. The number of nitro benzene ring substituents is 1. The van der Waals surface area contributed by atoms with Crippen LogP contribution >= 0.6 is 24.0 Å². The number of aromatic carboxylic acids is 1. The first kappa shape index (κ1) is 17.8. The van der Waals surface area contributed by atoms with Gasteiger partial charge in [0.1, 0.15) is 0 Å². The second kappa shape index (κ2) is 7.06. The predicted molar refractivity (Wildman–Crippen MR) is 102 cm³/mol. The van der Waals surface area contributed by atoms with E-state index in [9.17, 15) is 19.7 Å². The molecule has 0 aromatic heterocycles. The molecule has 0 aliphatic carbocycles. The van der Waals surface area contributed by atoms with E-state index in [-0.39, 0.29) is 15.6 Å². The van der Waals surface area contributed by atoms with Gasteiger partial charge in [0.25, 0.3) is 11.6 Å². The lowest BCUT2D eigenvalue weighted by atomic mass is 10.1. The van der Waals surface area contributed by atoms with Gasteiger partial charge in [-0.05, 0) is 29.8 Å². The number of carboxylic acids is 1. The van der Waals surface area contributed by atoms with Crippen LogP contribution in [-0.4, -0.2) is 26.2 Å².